The van der Waals surface area contributed by atoms with Crippen LogP contribution in [0.25, 0.3) is 10.9 Å². The van der Waals surface area contributed by atoms with Crippen LogP contribution in [-0.2, 0) is 0 Å². The Morgan fingerprint density at radius 2 is 2.08 bits per heavy atom. The standard InChI is InChI=1S/C17H17ClN4O2/c1-19-7-8-24-15-4-2-3-13-16(15)17(21-10-20-13)22-11-5-6-14(23)12(18)9-11/h2-6,9-10,19,23H,7-8H2,1H3,(H,20,21,22). The highest BCUT2D eigenvalue weighted by molar-refractivity contribution is 6.32. The summed E-state index contributed by atoms with van der Waals surface area (Å²) in [6.45, 7) is 1.27. The molecule has 0 spiro atoms. The molecule has 0 aliphatic carbocycles. The van der Waals surface area contributed by atoms with E-state index in [4.69, 9.17) is 16.3 Å². The minimum Gasteiger partial charge on any atom is -0.506 e. The Morgan fingerprint density at radius 1 is 1.21 bits per heavy atom. The first-order chi connectivity index (χ1) is 11.7. The first-order valence-electron chi connectivity index (χ1n) is 7.45. The number of nitrogens with one attached hydrogen (secondary N) is 2. The van der Waals surface area contributed by atoms with Gasteiger partial charge >= 0.3 is 0 Å². The molecule has 0 radical (unpaired) electrons. The van der Waals surface area contributed by atoms with E-state index in [1.54, 1.807) is 12.1 Å². The number of halogens is 1. The van der Waals surface area contributed by atoms with Crippen LogP contribution in [0.3, 0.4) is 0 Å². The molecule has 0 atom stereocenters. The van der Waals surface area contributed by atoms with Crippen molar-refractivity contribution >= 4 is 34.0 Å². The third-order valence-corrected chi connectivity index (χ3v) is 3.75. The predicted molar refractivity (Wildman–Crippen MR) is 95.4 cm³/mol. The lowest BCUT2D eigenvalue weighted by Gasteiger charge is -2.13. The molecule has 0 amide bonds. The van der Waals surface area contributed by atoms with Crippen molar-refractivity contribution in [2.75, 3.05) is 25.5 Å². The molecular weight excluding hydrogens is 328 g/mol. The number of ether oxygens (including phenoxy) is 1. The number of hydrogen-bond acceptors (Lipinski definition) is 6. The minimum absolute atomic E-state index is 0.0332. The van der Waals surface area contributed by atoms with Crippen LogP contribution >= 0.6 is 11.6 Å². The number of rotatable bonds is 6. The lowest BCUT2D eigenvalue weighted by atomic mass is 10.2. The SMILES string of the molecule is CNCCOc1cccc2ncnc(Nc3ccc(O)c(Cl)c3)c12. The fourth-order valence-corrected chi connectivity index (χ4v) is 2.46. The molecule has 0 fully saturated rings. The van der Waals surface area contributed by atoms with E-state index in [9.17, 15) is 5.11 Å². The number of phenolic OH excluding ortho intramolecular Hbond substituents is 1. The van der Waals surface area contributed by atoms with Crippen LogP contribution in [0.1, 0.15) is 0 Å². The fraction of sp³-hybridized carbons (Fsp3) is 0.176. The average Bonchev–Trinajstić information content (AvgIpc) is 2.59. The van der Waals surface area contributed by atoms with E-state index in [0.29, 0.717) is 23.9 Å². The molecule has 1 aromatic heterocycles. The summed E-state index contributed by atoms with van der Waals surface area (Å²) >= 11 is 5.96. The van der Waals surface area contributed by atoms with Gasteiger partial charge in [-0.25, -0.2) is 9.97 Å². The number of aromatic nitrogens is 2. The zero-order valence-electron chi connectivity index (χ0n) is 13.1. The molecular formula is C17H17ClN4O2. The van der Waals surface area contributed by atoms with Crippen LogP contribution in [-0.4, -0.2) is 35.3 Å². The van der Waals surface area contributed by atoms with Gasteiger partial charge in [-0.2, -0.15) is 0 Å². The van der Waals surface area contributed by atoms with Crippen molar-refractivity contribution in [3.63, 3.8) is 0 Å². The monoisotopic (exact) mass is 344 g/mol. The van der Waals surface area contributed by atoms with Crippen molar-refractivity contribution in [3.8, 4) is 11.5 Å². The number of aromatic hydroxyl groups is 1. The van der Waals surface area contributed by atoms with E-state index >= 15 is 0 Å². The van der Waals surface area contributed by atoms with E-state index in [1.165, 1.54) is 12.4 Å². The molecule has 6 nitrogen and oxygen atoms in total. The summed E-state index contributed by atoms with van der Waals surface area (Å²) in [6.07, 6.45) is 1.49. The highest BCUT2D eigenvalue weighted by atomic mass is 35.5. The number of likely N-dealkylation sites (N-methyl/N-ethyl adjacent to an activating group) is 1. The molecule has 0 saturated heterocycles. The summed E-state index contributed by atoms with van der Waals surface area (Å²) in [4.78, 5) is 8.61. The maximum atomic E-state index is 9.53. The van der Waals surface area contributed by atoms with Crippen molar-refractivity contribution in [1.82, 2.24) is 15.3 Å². The van der Waals surface area contributed by atoms with Crippen molar-refractivity contribution in [2.24, 2.45) is 0 Å². The quantitative estimate of drug-likeness (QED) is 0.470. The maximum absolute atomic E-state index is 9.53. The summed E-state index contributed by atoms with van der Waals surface area (Å²) in [7, 11) is 1.87. The second-order valence-electron chi connectivity index (χ2n) is 5.12. The average molecular weight is 345 g/mol. The second-order valence-corrected chi connectivity index (χ2v) is 5.52. The van der Waals surface area contributed by atoms with Gasteiger partial charge in [-0.05, 0) is 37.4 Å². The Labute approximate surface area is 144 Å². The molecule has 0 saturated carbocycles. The third-order valence-electron chi connectivity index (χ3n) is 3.44. The number of anilines is 2. The fourth-order valence-electron chi connectivity index (χ4n) is 2.28. The van der Waals surface area contributed by atoms with Gasteiger partial charge in [-0.15, -0.1) is 0 Å². The molecule has 7 heteroatoms. The van der Waals surface area contributed by atoms with Gasteiger partial charge in [0, 0.05) is 12.2 Å². The second kappa shape index (κ2) is 7.33. The third kappa shape index (κ3) is 3.50. The summed E-state index contributed by atoms with van der Waals surface area (Å²) in [6, 6.07) is 10.6. The van der Waals surface area contributed by atoms with Gasteiger partial charge in [0.15, 0.2) is 0 Å². The Morgan fingerprint density at radius 3 is 2.88 bits per heavy atom. The molecule has 0 aliphatic heterocycles. The molecule has 3 rings (SSSR count). The smallest absolute Gasteiger partial charge is 0.145 e. The van der Waals surface area contributed by atoms with Gasteiger partial charge in [0.1, 0.15) is 30.3 Å². The molecule has 3 aromatic rings. The van der Waals surface area contributed by atoms with Crippen molar-refractivity contribution < 1.29 is 9.84 Å². The Balaban J connectivity index is 1.98. The zero-order chi connectivity index (χ0) is 16.9. The highest BCUT2D eigenvalue weighted by Crippen LogP contribution is 2.33. The largest absolute Gasteiger partial charge is 0.506 e. The van der Waals surface area contributed by atoms with E-state index in [0.717, 1.165) is 17.4 Å². The van der Waals surface area contributed by atoms with Crippen LogP contribution in [0.15, 0.2) is 42.7 Å². The van der Waals surface area contributed by atoms with Crippen molar-refractivity contribution in [3.05, 3.63) is 47.7 Å². The minimum atomic E-state index is 0.0332. The molecule has 24 heavy (non-hydrogen) atoms. The predicted octanol–water partition coefficient (Wildman–Crippen LogP) is 3.33. The molecule has 124 valence electrons. The van der Waals surface area contributed by atoms with Crippen LogP contribution in [0.4, 0.5) is 11.5 Å². The first-order valence-corrected chi connectivity index (χ1v) is 7.83. The molecule has 0 aliphatic rings. The first kappa shape index (κ1) is 16.3. The lowest BCUT2D eigenvalue weighted by Crippen LogP contribution is -2.16. The molecule has 0 unspecified atom stereocenters. The topological polar surface area (TPSA) is 79.3 Å². The van der Waals surface area contributed by atoms with Gasteiger partial charge in [0.2, 0.25) is 0 Å². The van der Waals surface area contributed by atoms with E-state index < -0.39 is 0 Å². The lowest BCUT2D eigenvalue weighted by molar-refractivity contribution is 0.322. The van der Waals surface area contributed by atoms with Gasteiger partial charge in [-0.3, -0.25) is 0 Å². The Bertz CT molecular complexity index is 852. The normalized spacial score (nSPS) is 10.8. The Kier molecular flexibility index (Phi) is 4.98. The van der Waals surface area contributed by atoms with E-state index in [2.05, 4.69) is 20.6 Å². The number of nitrogens with zero attached hydrogens (tertiary/aromatic N) is 2. The maximum Gasteiger partial charge on any atom is 0.145 e. The van der Waals surface area contributed by atoms with Gasteiger partial charge in [-0.1, -0.05) is 17.7 Å². The van der Waals surface area contributed by atoms with Crippen LogP contribution in [0.2, 0.25) is 5.02 Å². The summed E-state index contributed by atoms with van der Waals surface area (Å²) < 4.78 is 5.83. The van der Waals surface area contributed by atoms with Crippen molar-refractivity contribution in [1.29, 1.82) is 0 Å². The van der Waals surface area contributed by atoms with Gasteiger partial charge in [0.05, 0.1) is 15.9 Å². The number of phenols is 1. The summed E-state index contributed by atoms with van der Waals surface area (Å²) in [5, 5.41) is 16.8. The number of fused-ring (bicyclic) bond motifs is 1. The Hall–Kier alpha value is -2.57. The van der Waals surface area contributed by atoms with Crippen LogP contribution in [0.5, 0.6) is 11.5 Å². The summed E-state index contributed by atoms with van der Waals surface area (Å²) in [5.74, 6) is 1.35. The van der Waals surface area contributed by atoms with Crippen molar-refractivity contribution in [2.45, 2.75) is 0 Å². The highest BCUT2D eigenvalue weighted by Gasteiger charge is 2.11. The van der Waals surface area contributed by atoms with E-state index in [1.807, 2.05) is 25.2 Å². The molecule has 2 aromatic carbocycles. The molecule has 1 heterocycles. The van der Waals surface area contributed by atoms with E-state index in [-0.39, 0.29) is 10.8 Å². The number of benzene rings is 2. The van der Waals surface area contributed by atoms with Crippen LogP contribution < -0.4 is 15.4 Å². The van der Waals surface area contributed by atoms with Gasteiger partial charge < -0.3 is 20.5 Å². The summed E-state index contributed by atoms with van der Waals surface area (Å²) in [5.41, 5.74) is 1.49. The molecule has 0 bridgehead atoms. The van der Waals surface area contributed by atoms with Crippen LogP contribution in [0, 0.1) is 0 Å². The van der Waals surface area contributed by atoms with Gasteiger partial charge in [0.25, 0.3) is 0 Å². The number of hydrogen-bond donors (Lipinski definition) is 3. The molecule has 3 N–H and O–H groups in total. The zero-order valence-corrected chi connectivity index (χ0v) is 13.8.